The highest BCUT2D eigenvalue weighted by Gasteiger charge is 2.02. The van der Waals surface area contributed by atoms with Crippen LogP contribution in [0.15, 0.2) is 18.2 Å². The summed E-state index contributed by atoms with van der Waals surface area (Å²) in [6.07, 6.45) is 1.87. The van der Waals surface area contributed by atoms with Crippen molar-refractivity contribution in [1.29, 1.82) is 0 Å². The van der Waals surface area contributed by atoms with Crippen molar-refractivity contribution in [2.45, 2.75) is 13.3 Å². The van der Waals surface area contributed by atoms with E-state index in [1.807, 2.05) is 24.9 Å². The Balaban J connectivity index is 2.06. The van der Waals surface area contributed by atoms with E-state index in [0.29, 0.717) is 6.54 Å². The van der Waals surface area contributed by atoms with Gasteiger partial charge in [-0.1, -0.05) is 6.07 Å². The smallest absolute Gasteiger partial charge is 0.133 e. The van der Waals surface area contributed by atoms with Crippen molar-refractivity contribution in [2.75, 3.05) is 20.1 Å². The third-order valence-corrected chi connectivity index (χ3v) is 2.83. The van der Waals surface area contributed by atoms with E-state index in [1.165, 1.54) is 5.56 Å². The van der Waals surface area contributed by atoms with Gasteiger partial charge in [0.05, 0.1) is 17.6 Å². The lowest BCUT2D eigenvalue weighted by Gasteiger charge is -2.12. The molecular formula is C13H17N3O. The van der Waals surface area contributed by atoms with E-state index in [-0.39, 0.29) is 0 Å². The topological polar surface area (TPSA) is 49.0 Å². The van der Waals surface area contributed by atoms with Gasteiger partial charge in [0.1, 0.15) is 12.1 Å². The summed E-state index contributed by atoms with van der Waals surface area (Å²) in [5.41, 5.74) is 3.35. The number of H-pyrrole nitrogens is 1. The van der Waals surface area contributed by atoms with E-state index in [9.17, 15) is 4.79 Å². The molecule has 1 aromatic carbocycles. The second-order valence-electron chi connectivity index (χ2n) is 4.35. The number of imidazole rings is 1. The highest BCUT2D eigenvalue weighted by atomic mass is 16.1. The number of hydrogen-bond donors (Lipinski definition) is 1. The Morgan fingerprint density at radius 1 is 1.47 bits per heavy atom. The molecule has 0 aliphatic rings. The zero-order chi connectivity index (χ0) is 12.3. The summed E-state index contributed by atoms with van der Waals surface area (Å²) in [4.78, 5) is 20.0. The Labute approximate surface area is 101 Å². The van der Waals surface area contributed by atoms with Crippen molar-refractivity contribution in [1.82, 2.24) is 14.9 Å². The molecule has 0 saturated carbocycles. The van der Waals surface area contributed by atoms with Crippen LogP contribution in [0.2, 0.25) is 0 Å². The molecule has 1 heterocycles. The molecule has 0 atom stereocenters. The number of benzene rings is 1. The lowest BCUT2D eigenvalue weighted by Crippen LogP contribution is -2.23. The molecule has 0 fully saturated rings. The number of likely N-dealkylation sites (N-methyl/N-ethyl adjacent to an activating group) is 1. The number of hydrogen-bond acceptors (Lipinski definition) is 3. The van der Waals surface area contributed by atoms with Gasteiger partial charge in [0.15, 0.2) is 0 Å². The molecule has 0 radical (unpaired) electrons. The molecule has 2 aromatic rings. The molecule has 0 saturated heterocycles. The van der Waals surface area contributed by atoms with Crippen molar-refractivity contribution in [3.63, 3.8) is 0 Å². The molecule has 0 spiro atoms. The molecule has 0 aliphatic carbocycles. The molecule has 1 N–H and O–H groups in total. The number of nitrogens with one attached hydrogen (secondary N) is 1. The number of carbonyl (C=O) groups is 1. The first-order valence-corrected chi connectivity index (χ1v) is 5.76. The zero-order valence-corrected chi connectivity index (χ0v) is 10.2. The van der Waals surface area contributed by atoms with Crippen molar-refractivity contribution < 1.29 is 4.79 Å². The SMILES string of the molecule is Cc1nc2ccc(CCN(C)CC=O)cc2[nH]1. The van der Waals surface area contributed by atoms with Crippen LogP contribution in [0.3, 0.4) is 0 Å². The summed E-state index contributed by atoms with van der Waals surface area (Å²) >= 11 is 0. The number of aromatic nitrogens is 2. The molecule has 17 heavy (non-hydrogen) atoms. The number of aryl methyl sites for hydroxylation is 1. The molecule has 4 nitrogen and oxygen atoms in total. The average molecular weight is 231 g/mol. The van der Waals surface area contributed by atoms with Gasteiger partial charge in [-0.05, 0) is 38.1 Å². The summed E-state index contributed by atoms with van der Waals surface area (Å²) in [7, 11) is 1.95. The highest BCUT2D eigenvalue weighted by molar-refractivity contribution is 5.75. The van der Waals surface area contributed by atoms with Gasteiger partial charge in [0.25, 0.3) is 0 Å². The lowest BCUT2D eigenvalue weighted by molar-refractivity contribution is -0.108. The fourth-order valence-corrected chi connectivity index (χ4v) is 1.88. The van der Waals surface area contributed by atoms with Gasteiger partial charge in [0, 0.05) is 6.54 Å². The van der Waals surface area contributed by atoms with Gasteiger partial charge in [0.2, 0.25) is 0 Å². The van der Waals surface area contributed by atoms with Gasteiger partial charge < -0.3 is 9.78 Å². The summed E-state index contributed by atoms with van der Waals surface area (Å²) in [5, 5.41) is 0. The summed E-state index contributed by atoms with van der Waals surface area (Å²) in [6.45, 7) is 3.33. The van der Waals surface area contributed by atoms with Crippen LogP contribution in [0.1, 0.15) is 11.4 Å². The predicted molar refractivity (Wildman–Crippen MR) is 68.1 cm³/mol. The van der Waals surface area contributed by atoms with Gasteiger partial charge >= 0.3 is 0 Å². The Kier molecular flexibility index (Phi) is 3.54. The Bertz CT molecular complexity index is 518. The van der Waals surface area contributed by atoms with Crippen molar-refractivity contribution in [3.05, 3.63) is 29.6 Å². The highest BCUT2D eigenvalue weighted by Crippen LogP contribution is 2.14. The normalized spacial score (nSPS) is 11.2. The van der Waals surface area contributed by atoms with E-state index in [2.05, 4.69) is 22.1 Å². The second-order valence-corrected chi connectivity index (χ2v) is 4.35. The maximum Gasteiger partial charge on any atom is 0.133 e. The van der Waals surface area contributed by atoms with Crippen molar-refractivity contribution in [2.24, 2.45) is 0 Å². The molecule has 0 unspecified atom stereocenters. The summed E-state index contributed by atoms with van der Waals surface area (Å²) in [6, 6.07) is 6.26. The van der Waals surface area contributed by atoms with Crippen LogP contribution < -0.4 is 0 Å². The lowest BCUT2D eigenvalue weighted by atomic mass is 10.1. The number of aldehydes is 1. The Morgan fingerprint density at radius 2 is 2.29 bits per heavy atom. The van der Waals surface area contributed by atoms with Gasteiger partial charge in [-0.2, -0.15) is 0 Å². The van der Waals surface area contributed by atoms with Gasteiger partial charge in [-0.3, -0.25) is 4.90 Å². The monoisotopic (exact) mass is 231 g/mol. The van der Waals surface area contributed by atoms with Crippen molar-refractivity contribution in [3.8, 4) is 0 Å². The fourth-order valence-electron chi connectivity index (χ4n) is 1.88. The summed E-state index contributed by atoms with van der Waals surface area (Å²) in [5.74, 6) is 0.940. The largest absolute Gasteiger partial charge is 0.342 e. The maximum absolute atomic E-state index is 10.3. The predicted octanol–water partition coefficient (Wildman–Crippen LogP) is 1.54. The third-order valence-electron chi connectivity index (χ3n) is 2.83. The van der Waals surface area contributed by atoms with Crippen molar-refractivity contribution >= 4 is 17.3 Å². The second kappa shape index (κ2) is 5.10. The van der Waals surface area contributed by atoms with Crippen LogP contribution in [0.25, 0.3) is 11.0 Å². The number of rotatable bonds is 5. The zero-order valence-electron chi connectivity index (χ0n) is 10.2. The quantitative estimate of drug-likeness (QED) is 0.794. The molecule has 4 heteroatoms. The molecule has 1 aromatic heterocycles. The third kappa shape index (κ3) is 2.91. The Hall–Kier alpha value is -1.68. The van der Waals surface area contributed by atoms with Crippen LogP contribution in [0.5, 0.6) is 0 Å². The number of carbonyl (C=O) groups excluding carboxylic acids is 1. The first-order valence-electron chi connectivity index (χ1n) is 5.76. The fraction of sp³-hybridized carbons (Fsp3) is 0.385. The number of fused-ring (bicyclic) bond motifs is 1. The first-order chi connectivity index (χ1) is 8.19. The minimum Gasteiger partial charge on any atom is -0.342 e. The molecule has 0 bridgehead atoms. The maximum atomic E-state index is 10.3. The van der Waals surface area contributed by atoms with E-state index in [4.69, 9.17) is 0 Å². The van der Waals surface area contributed by atoms with Crippen LogP contribution >= 0.6 is 0 Å². The number of aromatic amines is 1. The molecular weight excluding hydrogens is 214 g/mol. The molecule has 0 amide bonds. The molecule has 2 rings (SSSR count). The minimum absolute atomic E-state index is 0.491. The van der Waals surface area contributed by atoms with Crippen LogP contribution in [-0.2, 0) is 11.2 Å². The first kappa shape index (κ1) is 11.8. The molecule has 90 valence electrons. The van der Waals surface area contributed by atoms with Crippen LogP contribution in [0.4, 0.5) is 0 Å². The minimum atomic E-state index is 0.491. The Morgan fingerprint density at radius 3 is 3.06 bits per heavy atom. The summed E-state index contributed by atoms with van der Waals surface area (Å²) < 4.78 is 0. The van der Waals surface area contributed by atoms with Crippen LogP contribution in [0, 0.1) is 6.92 Å². The average Bonchev–Trinajstić information content (AvgIpc) is 2.66. The molecule has 0 aliphatic heterocycles. The van der Waals surface area contributed by atoms with E-state index in [1.54, 1.807) is 0 Å². The van der Waals surface area contributed by atoms with E-state index in [0.717, 1.165) is 36.1 Å². The van der Waals surface area contributed by atoms with Crippen LogP contribution in [-0.4, -0.2) is 41.3 Å². The van der Waals surface area contributed by atoms with E-state index < -0.39 is 0 Å². The van der Waals surface area contributed by atoms with E-state index >= 15 is 0 Å². The standard InChI is InChI=1S/C13H17N3O/c1-10-14-12-4-3-11(9-13(12)15-10)5-6-16(2)7-8-17/h3-4,8-9H,5-7H2,1-2H3,(H,14,15). The van der Waals surface area contributed by atoms with Gasteiger partial charge in [-0.15, -0.1) is 0 Å². The van der Waals surface area contributed by atoms with Gasteiger partial charge in [-0.25, -0.2) is 4.98 Å². The number of nitrogens with zero attached hydrogens (tertiary/aromatic N) is 2.